The van der Waals surface area contributed by atoms with Gasteiger partial charge in [-0.05, 0) is 128 Å². The van der Waals surface area contributed by atoms with Gasteiger partial charge in [-0.2, -0.15) is 13.8 Å². The van der Waals surface area contributed by atoms with E-state index in [2.05, 4.69) is 103 Å². The Morgan fingerprint density at radius 2 is 1.00 bits per heavy atom. The number of benzene rings is 2. The van der Waals surface area contributed by atoms with Crippen LogP contribution in [-0.2, 0) is 39.7 Å². The zero-order chi connectivity index (χ0) is 36.9. The molecule has 0 aliphatic heterocycles. The maximum absolute atomic E-state index is 9.61. The van der Waals surface area contributed by atoms with Crippen molar-refractivity contribution in [3.05, 3.63) is 99.8 Å². The van der Waals surface area contributed by atoms with E-state index in [0.717, 1.165) is 31.3 Å². The van der Waals surface area contributed by atoms with Gasteiger partial charge in [-0.3, -0.25) is 0 Å². The van der Waals surface area contributed by atoms with Crippen LogP contribution in [0, 0.1) is 34.6 Å². The first kappa shape index (κ1) is 50.1. The molecule has 0 N–H and O–H groups in total. The fraction of sp³-hybridized carbons (Fsp3) is 0.617. The molecule has 2 aromatic rings. The minimum absolute atomic E-state index is 0. The third-order valence-electron chi connectivity index (χ3n) is 9.68. The first-order valence-corrected chi connectivity index (χ1v) is 20.2. The third-order valence-corrected chi connectivity index (χ3v) is 9.68. The normalized spacial score (nSPS) is 10.6. The second-order valence-electron chi connectivity index (χ2n) is 13.5. The van der Waals surface area contributed by atoms with E-state index >= 15 is 0 Å². The van der Waals surface area contributed by atoms with Gasteiger partial charge in [0.2, 0.25) is 0 Å². The first-order valence-electron chi connectivity index (χ1n) is 20.2. The number of aryl methyl sites for hydroxylation is 4. The average molecular weight is 776 g/mol. The van der Waals surface area contributed by atoms with Crippen LogP contribution in [0.15, 0.2) is 35.9 Å². The smallest absolute Gasteiger partial charge is 0.348 e. The van der Waals surface area contributed by atoms with Crippen LogP contribution in [0.5, 0.6) is 0 Å². The van der Waals surface area contributed by atoms with Crippen LogP contribution in [0.3, 0.4) is 0 Å². The van der Waals surface area contributed by atoms with E-state index in [0.29, 0.717) is 0 Å². The molecule has 2 aromatic carbocycles. The Bertz CT molecular complexity index is 1220. The molecule has 0 atom stereocenters. The Hall–Kier alpha value is -2.00. The molecular weight excluding hydrogens is 699 g/mol. The standard InChI is InChI=1S/C43H66N2.2C2H5.Pd/c1-8-12-16-20-24-37(33-45-44)30-43(40-28-34(5)36(7)35(6)29-40)41-31-38(25-21-17-13-9-2)42(27-23-19-15-11-4)39(32-41)26-22-18-14-10-3;2*1-2;/h28-32H,8-27H2,1-7H3;2*1H2,2H3;/q;2*-1;+2. The van der Waals surface area contributed by atoms with E-state index < -0.39 is 0 Å². The zero-order valence-electron chi connectivity index (χ0n) is 34.2. The van der Waals surface area contributed by atoms with Crippen LogP contribution in [0.2, 0.25) is 0 Å². The fourth-order valence-corrected chi connectivity index (χ4v) is 6.60. The van der Waals surface area contributed by atoms with Crippen molar-refractivity contribution >= 4 is 11.4 Å². The summed E-state index contributed by atoms with van der Waals surface area (Å²) in [6.07, 6.45) is 26.9. The van der Waals surface area contributed by atoms with Gasteiger partial charge >= 0.3 is 26.3 Å². The number of allylic oxidation sites excluding steroid dienone is 2. The van der Waals surface area contributed by atoms with E-state index in [9.17, 15) is 5.53 Å². The summed E-state index contributed by atoms with van der Waals surface area (Å²) < 4.78 is 0. The molecule has 0 aliphatic rings. The number of hydrogen-bond donors (Lipinski definition) is 0. The van der Waals surface area contributed by atoms with Gasteiger partial charge in [0.1, 0.15) is 0 Å². The molecule has 0 saturated heterocycles. The molecule has 0 spiro atoms. The number of nitrogens with zero attached hydrogens (tertiary/aromatic N) is 2. The molecular formula is C47H76N2Pd. The van der Waals surface area contributed by atoms with E-state index in [1.54, 1.807) is 30.5 Å². The monoisotopic (exact) mass is 775 g/mol. The zero-order valence-corrected chi connectivity index (χ0v) is 35.7. The topological polar surface area (TPSA) is 36.4 Å². The molecule has 0 radical (unpaired) electrons. The van der Waals surface area contributed by atoms with Gasteiger partial charge in [0.25, 0.3) is 0 Å². The number of hydrogen-bond acceptors (Lipinski definition) is 0. The van der Waals surface area contributed by atoms with Crippen molar-refractivity contribution in [1.82, 2.24) is 0 Å². The second kappa shape index (κ2) is 32.9. The van der Waals surface area contributed by atoms with Gasteiger partial charge in [-0.15, -0.1) is 4.79 Å². The van der Waals surface area contributed by atoms with Crippen molar-refractivity contribution in [3.8, 4) is 0 Å². The van der Waals surface area contributed by atoms with Crippen LogP contribution in [0.4, 0.5) is 0 Å². The second-order valence-corrected chi connectivity index (χ2v) is 13.5. The van der Waals surface area contributed by atoms with Crippen molar-refractivity contribution in [3.63, 3.8) is 0 Å². The summed E-state index contributed by atoms with van der Waals surface area (Å²) in [5.41, 5.74) is 23.2. The summed E-state index contributed by atoms with van der Waals surface area (Å²) in [7, 11) is 0. The van der Waals surface area contributed by atoms with Gasteiger partial charge in [0.05, 0.1) is 5.57 Å². The predicted octanol–water partition coefficient (Wildman–Crippen LogP) is 14.9. The number of rotatable bonds is 23. The largest absolute Gasteiger partial charge is 2.00 e. The fourth-order valence-electron chi connectivity index (χ4n) is 6.60. The predicted molar refractivity (Wildman–Crippen MR) is 221 cm³/mol. The Morgan fingerprint density at radius 1 is 0.600 bits per heavy atom. The van der Waals surface area contributed by atoms with Crippen LogP contribution in [0.1, 0.15) is 195 Å². The van der Waals surface area contributed by atoms with Gasteiger partial charge in [-0.1, -0.05) is 129 Å². The van der Waals surface area contributed by atoms with Crippen LogP contribution < -0.4 is 0 Å². The molecule has 0 bridgehead atoms. The summed E-state index contributed by atoms with van der Waals surface area (Å²) >= 11 is 0. The minimum Gasteiger partial charge on any atom is -0.348 e. The summed E-state index contributed by atoms with van der Waals surface area (Å²) in [6, 6.07) is 9.80. The minimum atomic E-state index is 0. The summed E-state index contributed by atoms with van der Waals surface area (Å²) in [4.78, 5) is 3.41. The quantitative estimate of drug-likeness (QED) is 0.0205. The molecule has 2 rings (SSSR count). The average Bonchev–Trinajstić information content (AvgIpc) is 3.12. The Kier molecular flexibility index (Phi) is 33.0. The SMILES string of the molecule is CCCCCCC(=C=[N+]=[N-])C=C(c1cc(C)c(C)c(C)c1)c1cc(CCCCCC)c(CCCCCC)c(CCCCCC)c1.[CH2-]C.[CH2-]C.[Pd+2]. The van der Waals surface area contributed by atoms with Crippen LogP contribution in [-0.4, -0.2) is 10.7 Å². The van der Waals surface area contributed by atoms with Gasteiger partial charge in [0, 0.05) is 0 Å². The van der Waals surface area contributed by atoms with Gasteiger partial charge < -0.3 is 19.4 Å². The summed E-state index contributed by atoms with van der Waals surface area (Å²) in [5.74, 6) is 2.97. The van der Waals surface area contributed by atoms with Crippen LogP contribution in [0.25, 0.3) is 11.1 Å². The number of unbranched alkanes of at least 4 members (excludes halogenated alkanes) is 12. The van der Waals surface area contributed by atoms with E-state index in [4.69, 9.17) is 0 Å². The van der Waals surface area contributed by atoms with E-state index in [1.165, 1.54) is 136 Å². The molecule has 0 unspecified atom stereocenters. The Labute approximate surface area is 325 Å². The Balaban J connectivity index is 0. The molecule has 2 nitrogen and oxygen atoms in total. The van der Waals surface area contributed by atoms with Crippen molar-refractivity contribution in [2.75, 3.05) is 0 Å². The molecule has 0 aliphatic carbocycles. The molecule has 284 valence electrons. The molecule has 50 heavy (non-hydrogen) atoms. The molecule has 0 saturated carbocycles. The Morgan fingerprint density at radius 3 is 1.42 bits per heavy atom. The molecule has 0 amide bonds. The van der Waals surface area contributed by atoms with Crippen molar-refractivity contribution in [1.29, 1.82) is 0 Å². The van der Waals surface area contributed by atoms with E-state index in [-0.39, 0.29) is 20.4 Å². The van der Waals surface area contributed by atoms with Crippen LogP contribution >= 0.6 is 0 Å². The molecule has 3 heteroatoms. The van der Waals surface area contributed by atoms with Gasteiger partial charge in [0.15, 0.2) is 0 Å². The third kappa shape index (κ3) is 19.6. The molecule has 0 heterocycles. The molecule has 0 fully saturated rings. The first-order chi connectivity index (χ1) is 23.9. The van der Waals surface area contributed by atoms with E-state index in [1.807, 2.05) is 0 Å². The van der Waals surface area contributed by atoms with Gasteiger partial charge in [-0.25, -0.2) is 0 Å². The molecule has 0 aromatic heterocycles. The van der Waals surface area contributed by atoms with Crippen molar-refractivity contribution in [2.24, 2.45) is 0 Å². The maximum atomic E-state index is 9.61. The van der Waals surface area contributed by atoms with Crippen molar-refractivity contribution in [2.45, 2.75) is 191 Å². The summed E-state index contributed by atoms with van der Waals surface area (Å²) in [5, 5.41) is 0. The van der Waals surface area contributed by atoms with Crippen molar-refractivity contribution < 1.29 is 25.2 Å². The maximum Gasteiger partial charge on any atom is 2.00 e. The summed E-state index contributed by atoms with van der Waals surface area (Å²) in [6.45, 7) is 25.9.